The maximum atomic E-state index is 13.2. The molecule has 0 unspecified atom stereocenters. The fourth-order valence-electron chi connectivity index (χ4n) is 4.92. The lowest BCUT2D eigenvalue weighted by Gasteiger charge is -2.31. The lowest BCUT2D eigenvalue weighted by molar-refractivity contribution is 0.102. The minimum Gasteiger partial charge on any atom is -0.368 e. The van der Waals surface area contributed by atoms with Gasteiger partial charge in [-0.15, -0.1) is 0 Å². The highest BCUT2D eigenvalue weighted by Gasteiger charge is 2.38. The number of nitrogen functional groups attached to an aromatic ring is 1. The number of anilines is 2. The highest BCUT2D eigenvalue weighted by Crippen LogP contribution is 2.42. The van der Waals surface area contributed by atoms with Gasteiger partial charge in [0.1, 0.15) is 0 Å². The number of hydrogen-bond acceptors (Lipinski definition) is 7. The van der Waals surface area contributed by atoms with E-state index in [1.54, 1.807) is 6.20 Å². The van der Waals surface area contributed by atoms with Gasteiger partial charge in [-0.05, 0) is 61.0 Å². The quantitative estimate of drug-likeness (QED) is 0.483. The number of hydrogen-bond donors (Lipinski definition) is 4. The van der Waals surface area contributed by atoms with E-state index in [0.717, 1.165) is 55.0 Å². The topological polar surface area (TPSA) is 139 Å². The summed E-state index contributed by atoms with van der Waals surface area (Å²) in [6.45, 7) is 7.14. The molecule has 9 nitrogen and oxygen atoms in total. The van der Waals surface area contributed by atoms with Crippen LogP contribution in [0.4, 0.5) is 11.6 Å². The van der Waals surface area contributed by atoms with Gasteiger partial charge < -0.3 is 16.8 Å². The zero-order valence-corrected chi connectivity index (χ0v) is 19.1. The smallest absolute Gasteiger partial charge is 0.276 e. The summed E-state index contributed by atoms with van der Waals surface area (Å²) in [5.74, 6) is -0.0451. The van der Waals surface area contributed by atoms with Crippen molar-refractivity contribution in [3.05, 3.63) is 52.8 Å². The van der Waals surface area contributed by atoms with Gasteiger partial charge >= 0.3 is 0 Å². The molecule has 0 saturated carbocycles. The van der Waals surface area contributed by atoms with Crippen LogP contribution in [0.2, 0.25) is 0 Å². The maximum absolute atomic E-state index is 13.2. The van der Waals surface area contributed by atoms with Crippen LogP contribution >= 0.6 is 0 Å². The molecule has 6 N–H and O–H groups in total. The molecule has 0 bridgehead atoms. The second-order valence-corrected chi connectivity index (χ2v) is 9.75. The van der Waals surface area contributed by atoms with E-state index >= 15 is 0 Å². The van der Waals surface area contributed by atoms with Gasteiger partial charge in [-0.25, -0.2) is 9.97 Å². The predicted octanol–water partition coefficient (Wildman–Crippen LogP) is 2.46. The first-order valence-electron chi connectivity index (χ1n) is 11.4. The molecule has 1 aliphatic heterocycles. The van der Waals surface area contributed by atoms with Crippen LogP contribution in [0, 0.1) is 0 Å². The second kappa shape index (κ2) is 8.24. The number of likely N-dealkylation sites (tertiary alicyclic amines) is 1. The highest BCUT2D eigenvalue weighted by atomic mass is 16.2. The SMILES string of the molecule is CC1(C)Cc2cnc(N)nc2-c2[nH]nc(C(=O)Nc3ccc(CN4CCC(N)CC4)cc3)c21. The summed E-state index contributed by atoms with van der Waals surface area (Å²) in [5, 5.41) is 10.4. The zero-order valence-electron chi connectivity index (χ0n) is 19.1. The number of H-pyrrole nitrogens is 1. The molecule has 1 amide bonds. The number of aromatic nitrogens is 4. The van der Waals surface area contributed by atoms with Crippen molar-refractivity contribution in [1.29, 1.82) is 0 Å². The Morgan fingerprint density at radius 3 is 2.70 bits per heavy atom. The molecule has 33 heavy (non-hydrogen) atoms. The average Bonchev–Trinajstić information content (AvgIpc) is 3.24. The third kappa shape index (κ3) is 4.21. The molecule has 0 spiro atoms. The van der Waals surface area contributed by atoms with E-state index in [-0.39, 0.29) is 17.3 Å². The largest absolute Gasteiger partial charge is 0.368 e. The summed E-state index contributed by atoms with van der Waals surface area (Å²) in [4.78, 5) is 24.1. The minimum atomic E-state index is -0.303. The Bertz CT molecular complexity index is 1180. The van der Waals surface area contributed by atoms with Gasteiger partial charge in [0.05, 0.1) is 11.4 Å². The van der Waals surface area contributed by atoms with Gasteiger partial charge in [-0.1, -0.05) is 26.0 Å². The number of aromatic amines is 1. The van der Waals surface area contributed by atoms with Crippen molar-refractivity contribution in [1.82, 2.24) is 25.1 Å². The van der Waals surface area contributed by atoms with Gasteiger partial charge in [-0.2, -0.15) is 5.10 Å². The van der Waals surface area contributed by atoms with Crippen LogP contribution in [0.1, 0.15) is 53.9 Å². The van der Waals surface area contributed by atoms with Crippen LogP contribution in [0.15, 0.2) is 30.5 Å². The summed E-state index contributed by atoms with van der Waals surface area (Å²) >= 11 is 0. The Hall–Kier alpha value is -3.30. The van der Waals surface area contributed by atoms with Gasteiger partial charge in [-0.3, -0.25) is 14.8 Å². The van der Waals surface area contributed by atoms with Crippen LogP contribution in [0.3, 0.4) is 0 Å². The molecule has 2 aromatic heterocycles. The molecule has 0 radical (unpaired) electrons. The fraction of sp³-hybridized carbons (Fsp3) is 0.417. The van der Waals surface area contributed by atoms with Crippen molar-refractivity contribution < 1.29 is 4.79 Å². The molecular weight excluding hydrogens is 416 g/mol. The molecule has 9 heteroatoms. The zero-order chi connectivity index (χ0) is 23.2. The van der Waals surface area contributed by atoms with Crippen molar-refractivity contribution in [3.8, 4) is 11.4 Å². The maximum Gasteiger partial charge on any atom is 0.276 e. The summed E-state index contributed by atoms with van der Waals surface area (Å²) in [6, 6.07) is 8.33. The monoisotopic (exact) mass is 446 g/mol. The first kappa shape index (κ1) is 21.5. The van der Waals surface area contributed by atoms with Crippen molar-refractivity contribution in [3.63, 3.8) is 0 Å². The molecule has 3 heterocycles. The Balaban J connectivity index is 1.33. The van der Waals surface area contributed by atoms with Crippen molar-refractivity contribution in [2.45, 2.75) is 51.1 Å². The lowest BCUT2D eigenvalue weighted by Crippen LogP contribution is -2.39. The number of nitrogens with one attached hydrogen (secondary N) is 2. The predicted molar refractivity (Wildman–Crippen MR) is 128 cm³/mol. The third-order valence-electron chi connectivity index (χ3n) is 6.66. The lowest BCUT2D eigenvalue weighted by atomic mass is 9.73. The molecule has 0 atom stereocenters. The van der Waals surface area contributed by atoms with Crippen LogP contribution < -0.4 is 16.8 Å². The first-order valence-corrected chi connectivity index (χ1v) is 11.4. The van der Waals surface area contributed by atoms with Gasteiger partial charge in [0.25, 0.3) is 5.91 Å². The van der Waals surface area contributed by atoms with Gasteiger partial charge in [0, 0.05) is 30.0 Å². The molecule has 1 fully saturated rings. The normalized spacial score (nSPS) is 17.9. The summed E-state index contributed by atoms with van der Waals surface area (Å²) < 4.78 is 0. The van der Waals surface area contributed by atoms with E-state index in [1.165, 1.54) is 5.56 Å². The van der Waals surface area contributed by atoms with Crippen LogP contribution in [-0.2, 0) is 18.4 Å². The Kier molecular flexibility index (Phi) is 5.38. The Morgan fingerprint density at radius 1 is 1.24 bits per heavy atom. The number of amides is 1. The number of nitrogens with two attached hydrogens (primary N) is 2. The number of benzene rings is 1. The molecule has 2 aliphatic rings. The number of carbonyl (C=O) groups is 1. The molecule has 1 saturated heterocycles. The molecule has 1 aliphatic carbocycles. The van der Waals surface area contributed by atoms with E-state index in [2.05, 4.69) is 56.4 Å². The van der Waals surface area contributed by atoms with Crippen molar-refractivity contribution in [2.24, 2.45) is 5.73 Å². The highest BCUT2D eigenvalue weighted by molar-refractivity contribution is 6.05. The molecular formula is C24H30N8O. The summed E-state index contributed by atoms with van der Waals surface area (Å²) in [6.07, 6.45) is 4.54. The van der Waals surface area contributed by atoms with E-state index in [1.807, 2.05) is 12.1 Å². The van der Waals surface area contributed by atoms with Crippen molar-refractivity contribution in [2.75, 3.05) is 24.1 Å². The Morgan fingerprint density at radius 2 is 1.97 bits per heavy atom. The molecule has 172 valence electrons. The van der Waals surface area contributed by atoms with E-state index < -0.39 is 0 Å². The number of nitrogens with zero attached hydrogens (tertiary/aromatic N) is 4. The number of fused-ring (bicyclic) bond motifs is 3. The molecule has 3 aromatic rings. The molecule has 5 rings (SSSR count). The second-order valence-electron chi connectivity index (χ2n) is 9.75. The number of piperidine rings is 1. The summed E-state index contributed by atoms with van der Waals surface area (Å²) in [5.41, 5.74) is 17.1. The van der Waals surface area contributed by atoms with E-state index in [9.17, 15) is 4.79 Å². The van der Waals surface area contributed by atoms with Crippen LogP contribution in [0.5, 0.6) is 0 Å². The van der Waals surface area contributed by atoms with Gasteiger partial charge in [0.15, 0.2) is 5.69 Å². The van der Waals surface area contributed by atoms with Crippen molar-refractivity contribution >= 4 is 17.5 Å². The standard InChI is InChI=1S/C24H30N8O/c1-24(2)11-15-12-27-23(26)29-19(15)20-18(24)21(31-30-20)22(33)28-17-5-3-14(4-6-17)13-32-9-7-16(25)8-10-32/h3-6,12,16H,7-11,13,25H2,1-2H3,(H,28,33)(H,30,31)(H2,26,27,29). The Labute approximate surface area is 193 Å². The third-order valence-corrected chi connectivity index (χ3v) is 6.66. The molecule has 1 aromatic carbocycles. The van der Waals surface area contributed by atoms with Gasteiger partial charge in [0.2, 0.25) is 5.95 Å². The number of carbonyl (C=O) groups excluding carboxylic acids is 1. The fourth-order valence-corrected chi connectivity index (χ4v) is 4.92. The minimum absolute atomic E-state index is 0.201. The van der Waals surface area contributed by atoms with Crippen LogP contribution in [-0.4, -0.2) is 50.1 Å². The van der Waals surface area contributed by atoms with E-state index in [0.29, 0.717) is 23.9 Å². The van der Waals surface area contributed by atoms with Crippen LogP contribution in [0.25, 0.3) is 11.4 Å². The summed E-state index contributed by atoms with van der Waals surface area (Å²) in [7, 11) is 0. The number of rotatable bonds is 4. The van der Waals surface area contributed by atoms with E-state index in [4.69, 9.17) is 11.5 Å². The average molecular weight is 447 g/mol. The first-order chi connectivity index (χ1) is 15.8.